The third kappa shape index (κ3) is 8.53. The first-order valence-electron chi connectivity index (χ1n) is 16.6. The first kappa shape index (κ1) is 31.4. The van der Waals surface area contributed by atoms with E-state index in [0.717, 1.165) is 101 Å². The lowest BCUT2D eigenvalue weighted by Crippen LogP contribution is -2.38. The lowest BCUT2D eigenvalue weighted by molar-refractivity contribution is -0.147. The van der Waals surface area contributed by atoms with Crippen LogP contribution in [0, 0.1) is 17.8 Å². The Kier molecular flexibility index (Phi) is 11.4. The van der Waals surface area contributed by atoms with Crippen LogP contribution in [0.2, 0.25) is 0 Å². The van der Waals surface area contributed by atoms with E-state index in [4.69, 9.17) is 14.2 Å². The van der Waals surface area contributed by atoms with E-state index in [1.807, 2.05) is 47.4 Å². The largest absolute Gasteiger partial charge is 0.482 e. The minimum absolute atomic E-state index is 0.0928. The fraction of sp³-hybridized carbons (Fsp3) is 0.611. The van der Waals surface area contributed by atoms with Crippen LogP contribution >= 0.6 is 0 Å². The zero-order valence-corrected chi connectivity index (χ0v) is 25.8. The summed E-state index contributed by atoms with van der Waals surface area (Å²) in [6.07, 6.45) is 11.1. The molecule has 1 heterocycles. The van der Waals surface area contributed by atoms with Gasteiger partial charge in [0.1, 0.15) is 18.5 Å². The normalized spacial score (nSPS) is 23.6. The number of hydrogen-bond donors (Lipinski definition) is 1. The van der Waals surface area contributed by atoms with Crippen LogP contribution in [-0.2, 0) is 33.7 Å². The van der Waals surface area contributed by atoms with Crippen molar-refractivity contribution in [1.82, 2.24) is 4.90 Å². The molecule has 0 bridgehead atoms. The highest BCUT2D eigenvalue weighted by molar-refractivity contribution is 5.71. The predicted octanol–water partition coefficient (Wildman–Crippen LogP) is 6.87. The van der Waals surface area contributed by atoms with E-state index in [1.165, 1.54) is 12.0 Å². The van der Waals surface area contributed by atoms with Gasteiger partial charge in [-0.05, 0) is 105 Å². The minimum Gasteiger partial charge on any atom is -0.482 e. The number of rotatable bonds is 13. The van der Waals surface area contributed by atoms with Crippen molar-refractivity contribution in [2.24, 2.45) is 17.8 Å². The number of esters is 1. The molecule has 7 nitrogen and oxygen atoms in total. The van der Waals surface area contributed by atoms with Gasteiger partial charge in [-0.15, -0.1) is 0 Å². The van der Waals surface area contributed by atoms with E-state index in [2.05, 4.69) is 13.0 Å². The minimum atomic E-state index is -0.388. The van der Waals surface area contributed by atoms with Gasteiger partial charge in [-0.25, -0.2) is 9.59 Å². The summed E-state index contributed by atoms with van der Waals surface area (Å²) in [5, 5.41) is 11.2. The first-order chi connectivity index (χ1) is 21.0. The number of aliphatic hydroxyl groups excluding tert-OH is 1. The molecule has 5 rings (SSSR count). The van der Waals surface area contributed by atoms with Crippen LogP contribution < -0.4 is 4.74 Å². The number of hydrogen-bond acceptors (Lipinski definition) is 6. The van der Waals surface area contributed by atoms with Gasteiger partial charge in [-0.3, -0.25) is 0 Å². The molecule has 0 radical (unpaired) electrons. The van der Waals surface area contributed by atoms with Gasteiger partial charge in [0.2, 0.25) is 0 Å². The summed E-state index contributed by atoms with van der Waals surface area (Å²) in [4.78, 5) is 27.2. The molecule has 1 amide bonds. The van der Waals surface area contributed by atoms with Crippen molar-refractivity contribution in [1.29, 1.82) is 0 Å². The highest BCUT2D eigenvalue weighted by Gasteiger charge is 2.45. The Labute approximate surface area is 256 Å². The second kappa shape index (κ2) is 15.6. The second-order valence-corrected chi connectivity index (χ2v) is 12.8. The molecule has 0 spiro atoms. The molecule has 7 heteroatoms. The SMILES string of the molecule is CCCCCC(CCC1C2Cc3cccc(OCC(=O)OCc4ccccc4)c3CC2C[C@H]1O)OC(=O)N1CCCCC1. The Hall–Kier alpha value is -3.06. The molecule has 234 valence electrons. The summed E-state index contributed by atoms with van der Waals surface area (Å²) in [6.45, 7) is 3.89. The maximum absolute atomic E-state index is 12.9. The Morgan fingerprint density at radius 2 is 1.79 bits per heavy atom. The van der Waals surface area contributed by atoms with Crippen LogP contribution in [0.4, 0.5) is 4.79 Å². The summed E-state index contributed by atoms with van der Waals surface area (Å²) in [5.74, 6) is 1.31. The molecule has 5 atom stereocenters. The van der Waals surface area contributed by atoms with E-state index in [1.54, 1.807) is 0 Å². The van der Waals surface area contributed by atoms with E-state index in [-0.39, 0.29) is 43.4 Å². The lowest BCUT2D eigenvalue weighted by Gasteiger charge is -2.33. The Morgan fingerprint density at radius 1 is 0.977 bits per heavy atom. The summed E-state index contributed by atoms with van der Waals surface area (Å²) in [5.41, 5.74) is 3.34. The quantitative estimate of drug-likeness (QED) is 0.202. The lowest BCUT2D eigenvalue weighted by atomic mass is 9.73. The number of amides is 1. The summed E-state index contributed by atoms with van der Waals surface area (Å²) >= 11 is 0. The zero-order valence-electron chi connectivity index (χ0n) is 25.8. The van der Waals surface area contributed by atoms with Crippen molar-refractivity contribution >= 4 is 12.1 Å². The van der Waals surface area contributed by atoms with Crippen LogP contribution in [0.25, 0.3) is 0 Å². The van der Waals surface area contributed by atoms with Crippen LogP contribution in [0.3, 0.4) is 0 Å². The molecule has 2 fully saturated rings. The topological polar surface area (TPSA) is 85.3 Å². The van der Waals surface area contributed by atoms with Gasteiger partial charge < -0.3 is 24.2 Å². The van der Waals surface area contributed by atoms with Crippen LogP contribution in [-0.4, -0.2) is 54.0 Å². The average Bonchev–Trinajstić information content (AvgIpc) is 3.34. The number of fused-ring (bicyclic) bond motifs is 2. The third-order valence-electron chi connectivity index (χ3n) is 9.77. The standard InChI is InChI=1S/C36H49NO6/c1-2-3-6-15-29(43-36(40)37-19-9-5-10-20-37)17-18-30-31-21-27-14-11-16-34(32(27)22-28(31)23-33(30)38)41-25-35(39)42-24-26-12-7-4-8-13-26/h4,7-8,11-14,16,28-31,33,38H,2-3,5-6,9-10,15,17-25H2,1H3/t28?,29?,30?,31?,33-/m1/s1. The maximum Gasteiger partial charge on any atom is 0.410 e. The first-order valence-corrected chi connectivity index (χ1v) is 16.6. The van der Waals surface area contributed by atoms with Gasteiger partial charge in [-0.2, -0.15) is 0 Å². The Bertz CT molecular complexity index is 1180. The van der Waals surface area contributed by atoms with Crippen molar-refractivity contribution in [2.45, 2.75) is 103 Å². The predicted molar refractivity (Wildman–Crippen MR) is 166 cm³/mol. The number of carbonyl (C=O) groups excluding carboxylic acids is 2. The Balaban J connectivity index is 1.16. The number of nitrogens with zero attached hydrogens (tertiary/aromatic N) is 1. The van der Waals surface area contributed by atoms with Crippen LogP contribution in [0.15, 0.2) is 48.5 Å². The molecule has 2 aromatic carbocycles. The molecule has 1 aliphatic heterocycles. The van der Waals surface area contributed by atoms with Gasteiger partial charge in [0.25, 0.3) is 0 Å². The molecule has 43 heavy (non-hydrogen) atoms. The third-order valence-corrected chi connectivity index (χ3v) is 9.77. The molecular formula is C36H49NO6. The number of ether oxygens (including phenoxy) is 3. The van der Waals surface area contributed by atoms with Crippen molar-refractivity contribution in [3.8, 4) is 5.75 Å². The zero-order chi connectivity index (χ0) is 30.0. The summed E-state index contributed by atoms with van der Waals surface area (Å²) in [7, 11) is 0. The van der Waals surface area contributed by atoms with Gasteiger partial charge in [0.05, 0.1) is 6.10 Å². The summed E-state index contributed by atoms with van der Waals surface area (Å²) < 4.78 is 17.5. The number of piperidine rings is 1. The maximum atomic E-state index is 12.9. The Morgan fingerprint density at radius 3 is 2.58 bits per heavy atom. The van der Waals surface area contributed by atoms with E-state index in [9.17, 15) is 14.7 Å². The highest BCUT2D eigenvalue weighted by atomic mass is 16.6. The molecule has 2 aromatic rings. The van der Waals surface area contributed by atoms with Crippen LogP contribution in [0.1, 0.15) is 87.8 Å². The number of carbonyl (C=O) groups is 2. The molecule has 4 unspecified atom stereocenters. The van der Waals surface area contributed by atoms with E-state index >= 15 is 0 Å². The molecule has 0 aromatic heterocycles. The highest BCUT2D eigenvalue weighted by Crippen LogP contribution is 2.48. The monoisotopic (exact) mass is 591 g/mol. The smallest absolute Gasteiger partial charge is 0.410 e. The van der Waals surface area contributed by atoms with Crippen molar-refractivity contribution < 1.29 is 28.9 Å². The van der Waals surface area contributed by atoms with E-state index in [0.29, 0.717) is 11.8 Å². The molecule has 1 N–H and O–H groups in total. The van der Waals surface area contributed by atoms with Crippen molar-refractivity contribution in [3.05, 3.63) is 65.2 Å². The fourth-order valence-electron chi connectivity index (χ4n) is 7.41. The summed E-state index contributed by atoms with van der Waals surface area (Å²) in [6, 6.07) is 15.7. The molecular weight excluding hydrogens is 542 g/mol. The van der Waals surface area contributed by atoms with Crippen molar-refractivity contribution in [2.75, 3.05) is 19.7 Å². The van der Waals surface area contributed by atoms with Crippen LogP contribution in [0.5, 0.6) is 5.75 Å². The van der Waals surface area contributed by atoms with Gasteiger partial charge >= 0.3 is 12.1 Å². The van der Waals surface area contributed by atoms with Crippen molar-refractivity contribution in [3.63, 3.8) is 0 Å². The molecule has 3 aliphatic rings. The number of unbranched alkanes of at least 4 members (excludes halogenated alkanes) is 2. The fourth-order valence-corrected chi connectivity index (χ4v) is 7.41. The number of benzene rings is 2. The van der Waals surface area contributed by atoms with Gasteiger partial charge in [0, 0.05) is 13.1 Å². The van der Waals surface area contributed by atoms with Gasteiger partial charge in [0.15, 0.2) is 6.61 Å². The average molecular weight is 592 g/mol. The number of likely N-dealkylation sites (tertiary alicyclic amines) is 1. The number of aliphatic hydroxyl groups is 1. The molecule has 1 saturated heterocycles. The molecule has 2 aliphatic carbocycles. The molecule has 1 saturated carbocycles. The van der Waals surface area contributed by atoms with E-state index < -0.39 is 0 Å². The second-order valence-electron chi connectivity index (χ2n) is 12.8. The van der Waals surface area contributed by atoms with Gasteiger partial charge in [-0.1, -0.05) is 62.2 Å².